The largest absolute Gasteiger partial charge is 0.497 e. The fourth-order valence-corrected chi connectivity index (χ4v) is 7.36. The van der Waals surface area contributed by atoms with Crippen molar-refractivity contribution >= 4 is 35.1 Å². The first-order valence-electron chi connectivity index (χ1n) is 14.6. The molecule has 4 aromatic carbocycles. The summed E-state index contributed by atoms with van der Waals surface area (Å²) in [6, 6.07) is 24.3. The number of para-hydroxylation sites is 1. The predicted octanol–water partition coefficient (Wildman–Crippen LogP) is 5.95. The van der Waals surface area contributed by atoms with Gasteiger partial charge in [0.2, 0.25) is 0 Å². The van der Waals surface area contributed by atoms with Gasteiger partial charge in [0.05, 0.1) is 20.3 Å². The van der Waals surface area contributed by atoms with Crippen LogP contribution >= 0.6 is 0 Å². The van der Waals surface area contributed by atoms with Crippen LogP contribution in [0.4, 0.5) is 5.69 Å². The maximum absolute atomic E-state index is 14.9. The molecular formula is C37H29NO7. The number of carbonyl (C=O) groups excluding carboxylic acids is 4. The third kappa shape index (κ3) is 4.05. The summed E-state index contributed by atoms with van der Waals surface area (Å²) in [6.07, 6.45) is 3.80. The zero-order chi connectivity index (χ0) is 31.5. The summed E-state index contributed by atoms with van der Waals surface area (Å²) in [5, 5.41) is 0. The maximum atomic E-state index is 14.9. The smallest absolute Gasteiger partial charge is 0.308 e. The summed E-state index contributed by atoms with van der Waals surface area (Å²) in [6.45, 7) is 1.30. The third-order valence-corrected chi connectivity index (χ3v) is 9.16. The van der Waals surface area contributed by atoms with Gasteiger partial charge in [-0.2, -0.15) is 0 Å². The highest BCUT2D eigenvalue weighted by Crippen LogP contribution is 2.62. The number of hydrogen-bond acceptors (Lipinski definition) is 8. The fraction of sp³-hybridized carbons (Fsp3) is 0.189. The summed E-state index contributed by atoms with van der Waals surface area (Å²) in [5.41, 5.74) is 1.50. The normalized spacial score (nSPS) is 20.4. The van der Waals surface area contributed by atoms with Crippen molar-refractivity contribution in [1.82, 2.24) is 0 Å². The first-order chi connectivity index (χ1) is 21.8. The lowest BCUT2D eigenvalue weighted by atomic mass is 9.64. The van der Waals surface area contributed by atoms with Crippen LogP contribution in [0.1, 0.15) is 55.0 Å². The summed E-state index contributed by atoms with van der Waals surface area (Å²) in [4.78, 5) is 58.1. The monoisotopic (exact) mass is 599 g/mol. The molecule has 0 amide bonds. The number of rotatable bonds is 6. The molecule has 7 rings (SSSR count). The van der Waals surface area contributed by atoms with Gasteiger partial charge in [-0.3, -0.25) is 19.2 Å². The molecule has 45 heavy (non-hydrogen) atoms. The van der Waals surface area contributed by atoms with Crippen LogP contribution in [0, 0.1) is 5.41 Å². The maximum Gasteiger partial charge on any atom is 0.308 e. The predicted molar refractivity (Wildman–Crippen MR) is 167 cm³/mol. The Morgan fingerprint density at radius 2 is 1.42 bits per heavy atom. The molecule has 1 saturated heterocycles. The number of nitrogens with zero attached hydrogens (tertiary/aromatic N) is 1. The fourth-order valence-electron chi connectivity index (χ4n) is 7.36. The van der Waals surface area contributed by atoms with E-state index in [9.17, 15) is 19.2 Å². The molecule has 2 aliphatic heterocycles. The number of carbonyl (C=O) groups is 4. The molecule has 0 unspecified atom stereocenters. The topological polar surface area (TPSA) is 99.2 Å². The summed E-state index contributed by atoms with van der Waals surface area (Å²) in [5.74, 6) is -1.15. The second-order valence-corrected chi connectivity index (χ2v) is 11.4. The van der Waals surface area contributed by atoms with Crippen LogP contribution in [-0.2, 0) is 4.79 Å². The standard InChI is InChI=1S/C37H29NO7/c1-21(39)45-24-15-12-23(13-16-24)34(40)33-32(28-18-17-25(43-2)20-30(28)44-3)37(35(41)26-9-5-6-10-27(26)36(37)42)31-19-14-22-8-4-7-11-29(22)38(31)33/h4-20,31-33H,1-3H3/t31-,32-,33+/m1/s1. The Kier molecular flexibility index (Phi) is 6.66. The highest BCUT2D eigenvalue weighted by atomic mass is 16.5. The number of fused-ring (bicyclic) bond motifs is 5. The van der Waals surface area contributed by atoms with E-state index in [0.29, 0.717) is 39.5 Å². The van der Waals surface area contributed by atoms with E-state index < -0.39 is 29.4 Å². The first-order valence-corrected chi connectivity index (χ1v) is 14.6. The number of Topliss-reactive ketones (excluding diaryl/α,β-unsaturated/α-hetero) is 3. The van der Waals surface area contributed by atoms with Crippen molar-refractivity contribution in [1.29, 1.82) is 0 Å². The Hall–Kier alpha value is -5.50. The van der Waals surface area contributed by atoms with Crippen molar-refractivity contribution in [3.63, 3.8) is 0 Å². The average molecular weight is 600 g/mol. The van der Waals surface area contributed by atoms with Crippen molar-refractivity contribution in [2.24, 2.45) is 5.41 Å². The van der Waals surface area contributed by atoms with E-state index in [1.54, 1.807) is 73.8 Å². The number of ether oxygens (including phenoxy) is 3. The van der Waals surface area contributed by atoms with Crippen LogP contribution in [0.2, 0.25) is 0 Å². The highest BCUT2D eigenvalue weighted by Gasteiger charge is 2.72. The van der Waals surface area contributed by atoms with Gasteiger partial charge in [-0.05, 0) is 42.0 Å². The molecule has 3 atom stereocenters. The van der Waals surface area contributed by atoms with E-state index in [1.807, 2.05) is 41.3 Å². The number of ketones is 3. The number of methoxy groups -OCH3 is 2. The van der Waals surface area contributed by atoms with Crippen LogP contribution in [0.15, 0.2) is 97.1 Å². The minimum atomic E-state index is -1.67. The van der Waals surface area contributed by atoms with Gasteiger partial charge in [-0.1, -0.05) is 60.7 Å². The Morgan fingerprint density at radius 3 is 2.07 bits per heavy atom. The lowest BCUT2D eigenvalue weighted by molar-refractivity contribution is -0.131. The van der Waals surface area contributed by atoms with E-state index in [4.69, 9.17) is 14.2 Å². The van der Waals surface area contributed by atoms with Gasteiger partial charge >= 0.3 is 5.97 Å². The summed E-state index contributed by atoms with van der Waals surface area (Å²) in [7, 11) is 3.06. The Labute approximate surface area is 259 Å². The van der Waals surface area contributed by atoms with E-state index in [0.717, 1.165) is 11.3 Å². The molecule has 0 saturated carbocycles. The summed E-state index contributed by atoms with van der Waals surface area (Å²) >= 11 is 0. The van der Waals surface area contributed by atoms with Crippen molar-refractivity contribution in [2.75, 3.05) is 19.1 Å². The van der Waals surface area contributed by atoms with E-state index in [-0.39, 0.29) is 17.3 Å². The van der Waals surface area contributed by atoms with Gasteiger partial charge in [0, 0.05) is 46.8 Å². The molecule has 0 radical (unpaired) electrons. The van der Waals surface area contributed by atoms with Gasteiger partial charge in [-0.25, -0.2) is 0 Å². The van der Waals surface area contributed by atoms with E-state index in [1.165, 1.54) is 14.0 Å². The SMILES string of the molecule is COc1ccc([C@@H]2[C@@H](C(=O)c3ccc(OC(C)=O)cc3)N3c4ccccc4C=C[C@@H]3C23C(=O)c2ccccc2C3=O)c(OC)c1. The van der Waals surface area contributed by atoms with E-state index >= 15 is 0 Å². The number of esters is 1. The molecule has 224 valence electrons. The van der Waals surface area contributed by atoms with Gasteiger partial charge < -0.3 is 19.1 Å². The van der Waals surface area contributed by atoms with Crippen molar-refractivity contribution in [3.05, 3.63) is 125 Å². The molecular weight excluding hydrogens is 570 g/mol. The molecule has 0 aromatic heterocycles. The van der Waals surface area contributed by atoms with Gasteiger partial charge in [0.1, 0.15) is 28.7 Å². The molecule has 0 bridgehead atoms. The highest BCUT2D eigenvalue weighted by molar-refractivity contribution is 6.32. The second-order valence-electron chi connectivity index (χ2n) is 11.4. The molecule has 8 heteroatoms. The van der Waals surface area contributed by atoms with Crippen LogP contribution in [0.5, 0.6) is 17.2 Å². The van der Waals surface area contributed by atoms with Crippen molar-refractivity contribution in [3.8, 4) is 17.2 Å². The molecule has 0 N–H and O–H groups in total. The molecule has 2 heterocycles. The Balaban J connectivity index is 1.52. The van der Waals surface area contributed by atoms with Crippen LogP contribution in [0.25, 0.3) is 6.08 Å². The van der Waals surface area contributed by atoms with Crippen LogP contribution < -0.4 is 19.1 Å². The van der Waals surface area contributed by atoms with Gasteiger partial charge in [0.25, 0.3) is 0 Å². The van der Waals surface area contributed by atoms with Crippen molar-refractivity contribution in [2.45, 2.75) is 24.9 Å². The zero-order valence-corrected chi connectivity index (χ0v) is 24.9. The quantitative estimate of drug-likeness (QED) is 0.116. The molecule has 4 aromatic rings. The minimum absolute atomic E-state index is 0.296. The number of anilines is 1. The lowest BCUT2D eigenvalue weighted by Crippen LogP contribution is -2.48. The van der Waals surface area contributed by atoms with E-state index in [2.05, 4.69) is 0 Å². The molecule has 1 aliphatic carbocycles. The zero-order valence-electron chi connectivity index (χ0n) is 24.9. The van der Waals surface area contributed by atoms with Crippen LogP contribution in [0.3, 0.4) is 0 Å². The third-order valence-electron chi connectivity index (χ3n) is 9.16. The van der Waals surface area contributed by atoms with Crippen LogP contribution in [-0.4, -0.2) is 49.6 Å². The Bertz CT molecular complexity index is 1890. The second kappa shape index (κ2) is 10.6. The van der Waals surface area contributed by atoms with Crippen molar-refractivity contribution < 1.29 is 33.4 Å². The van der Waals surface area contributed by atoms with Gasteiger partial charge in [0.15, 0.2) is 17.3 Å². The first kappa shape index (κ1) is 28.3. The number of hydrogen-bond donors (Lipinski definition) is 0. The van der Waals surface area contributed by atoms with Gasteiger partial charge in [-0.15, -0.1) is 0 Å². The minimum Gasteiger partial charge on any atom is -0.497 e. The molecule has 1 fully saturated rings. The lowest BCUT2D eigenvalue weighted by Gasteiger charge is -2.37. The summed E-state index contributed by atoms with van der Waals surface area (Å²) < 4.78 is 16.5. The molecule has 3 aliphatic rings. The average Bonchev–Trinajstić information content (AvgIpc) is 3.50. The molecule has 8 nitrogen and oxygen atoms in total. The molecule has 1 spiro atoms. The Morgan fingerprint density at radius 1 is 0.778 bits per heavy atom. The number of benzene rings is 4.